The fraction of sp³-hybridized carbons (Fsp3) is 0.136. The third-order valence-electron chi connectivity index (χ3n) is 4.26. The van der Waals surface area contributed by atoms with Crippen LogP contribution < -0.4 is 16.0 Å². The molecule has 1 aromatic heterocycles. The highest BCUT2D eigenvalue weighted by Crippen LogP contribution is 2.18. The van der Waals surface area contributed by atoms with Crippen LogP contribution in [0.25, 0.3) is 0 Å². The Morgan fingerprint density at radius 1 is 1.03 bits per heavy atom. The van der Waals surface area contributed by atoms with Crippen LogP contribution in [-0.2, 0) is 20.7 Å². The van der Waals surface area contributed by atoms with Gasteiger partial charge in [-0.25, -0.2) is 9.37 Å². The smallest absolute Gasteiger partial charge is 0.325 e. The second-order valence-electron chi connectivity index (χ2n) is 6.64. The van der Waals surface area contributed by atoms with Crippen LogP contribution in [0.15, 0.2) is 53.9 Å². The summed E-state index contributed by atoms with van der Waals surface area (Å²) in [4.78, 5) is 52.0. The van der Waals surface area contributed by atoms with Crippen LogP contribution in [0.5, 0.6) is 0 Å². The Labute approximate surface area is 192 Å². The van der Waals surface area contributed by atoms with Gasteiger partial charge in [-0.2, -0.15) is 0 Å². The van der Waals surface area contributed by atoms with Crippen molar-refractivity contribution in [2.75, 3.05) is 24.3 Å². The zero-order valence-electron chi connectivity index (χ0n) is 17.4. The molecule has 0 aliphatic rings. The van der Waals surface area contributed by atoms with Gasteiger partial charge in [-0.3, -0.25) is 24.5 Å². The molecule has 1 heterocycles. The molecule has 170 valence electrons. The Bertz CT molecular complexity index is 1200. The van der Waals surface area contributed by atoms with Gasteiger partial charge in [-0.1, -0.05) is 18.2 Å². The van der Waals surface area contributed by atoms with Crippen LogP contribution in [-0.4, -0.2) is 42.3 Å². The zero-order chi connectivity index (χ0) is 23.8. The van der Waals surface area contributed by atoms with Crippen LogP contribution >= 0.6 is 11.3 Å². The first-order chi connectivity index (χ1) is 15.9. The lowest BCUT2D eigenvalue weighted by molar-refractivity contribution is -0.139. The SMILES string of the molecule is COC(=O)CNC(=O)c1cccc(NC(=O)Cc2csc(NC(=O)c3ccccc3F)n2)c1. The van der Waals surface area contributed by atoms with E-state index in [-0.39, 0.29) is 35.1 Å². The van der Waals surface area contributed by atoms with Crippen LogP contribution in [0.1, 0.15) is 26.4 Å². The van der Waals surface area contributed by atoms with Crippen molar-refractivity contribution in [1.82, 2.24) is 10.3 Å². The van der Waals surface area contributed by atoms with Crippen molar-refractivity contribution in [3.63, 3.8) is 0 Å². The van der Waals surface area contributed by atoms with Gasteiger partial charge in [0.25, 0.3) is 11.8 Å². The third-order valence-corrected chi connectivity index (χ3v) is 5.07. The molecule has 0 aliphatic carbocycles. The fourth-order valence-corrected chi connectivity index (χ4v) is 3.40. The first kappa shape index (κ1) is 23.5. The minimum absolute atomic E-state index is 0.0785. The molecule has 2 aromatic carbocycles. The number of aromatic nitrogens is 1. The summed E-state index contributed by atoms with van der Waals surface area (Å²) in [5.74, 6) is -2.75. The van der Waals surface area contributed by atoms with Gasteiger partial charge in [-0.05, 0) is 30.3 Å². The highest BCUT2D eigenvalue weighted by atomic mass is 32.1. The second-order valence-corrected chi connectivity index (χ2v) is 7.50. The highest BCUT2D eigenvalue weighted by molar-refractivity contribution is 7.14. The topological polar surface area (TPSA) is 126 Å². The highest BCUT2D eigenvalue weighted by Gasteiger charge is 2.15. The third kappa shape index (κ3) is 6.68. The Kier molecular flexibility index (Phi) is 7.82. The van der Waals surface area contributed by atoms with Crippen molar-refractivity contribution in [2.45, 2.75) is 6.42 Å². The molecule has 0 bridgehead atoms. The first-order valence-electron chi connectivity index (χ1n) is 9.61. The number of rotatable bonds is 8. The standard InChI is InChI=1S/C22H19FN4O5S/c1-32-19(29)11-24-20(30)13-5-4-6-14(9-13)25-18(28)10-15-12-33-22(26-15)27-21(31)16-7-2-3-8-17(16)23/h2-9,12H,10-11H2,1H3,(H,24,30)(H,25,28)(H,26,27,31). The minimum Gasteiger partial charge on any atom is -0.468 e. The molecular weight excluding hydrogens is 451 g/mol. The van der Waals surface area contributed by atoms with Gasteiger partial charge in [-0.15, -0.1) is 11.3 Å². The van der Waals surface area contributed by atoms with E-state index >= 15 is 0 Å². The normalized spacial score (nSPS) is 10.2. The summed E-state index contributed by atoms with van der Waals surface area (Å²) >= 11 is 1.11. The average Bonchev–Trinajstić information content (AvgIpc) is 3.23. The fourth-order valence-electron chi connectivity index (χ4n) is 2.69. The number of carbonyl (C=O) groups excluding carboxylic acids is 4. The van der Waals surface area contributed by atoms with Crippen molar-refractivity contribution in [3.05, 3.63) is 76.5 Å². The number of esters is 1. The van der Waals surface area contributed by atoms with E-state index in [0.29, 0.717) is 11.4 Å². The molecule has 0 spiro atoms. The van der Waals surface area contributed by atoms with Crippen molar-refractivity contribution < 1.29 is 28.3 Å². The largest absolute Gasteiger partial charge is 0.468 e. The monoisotopic (exact) mass is 470 g/mol. The van der Waals surface area contributed by atoms with Crippen molar-refractivity contribution >= 4 is 45.8 Å². The molecule has 3 N–H and O–H groups in total. The Balaban J connectivity index is 1.56. The summed E-state index contributed by atoms with van der Waals surface area (Å²) in [7, 11) is 1.22. The zero-order valence-corrected chi connectivity index (χ0v) is 18.2. The van der Waals surface area contributed by atoms with Gasteiger partial charge < -0.3 is 15.4 Å². The molecule has 3 aromatic rings. The quantitative estimate of drug-likeness (QED) is 0.435. The molecule has 0 aliphatic heterocycles. The molecule has 3 rings (SSSR count). The van der Waals surface area contributed by atoms with E-state index in [1.807, 2.05) is 0 Å². The predicted octanol–water partition coefficient (Wildman–Crippen LogP) is 2.62. The maximum Gasteiger partial charge on any atom is 0.325 e. The number of benzene rings is 2. The van der Waals surface area contributed by atoms with Crippen LogP contribution in [0.3, 0.4) is 0 Å². The van der Waals surface area contributed by atoms with E-state index < -0.39 is 23.6 Å². The first-order valence-corrected chi connectivity index (χ1v) is 10.5. The molecule has 3 amide bonds. The van der Waals surface area contributed by atoms with Crippen molar-refractivity contribution in [2.24, 2.45) is 0 Å². The van der Waals surface area contributed by atoms with E-state index in [2.05, 4.69) is 25.7 Å². The summed E-state index contributed by atoms with van der Waals surface area (Å²) in [6.45, 7) is -0.272. The van der Waals surface area contributed by atoms with Crippen LogP contribution in [0, 0.1) is 5.82 Å². The Morgan fingerprint density at radius 2 is 1.82 bits per heavy atom. The lowest BCUT2D eigenvalue weighted by atomic mass is 10.2. The summed E-state index contributed by atoms with van der Waals surface area (Å²) in [5, 5.41) is 9.41. The van der Waals surface area contributed by atoms with Gasteiger partial charge in [0, 0.05) is 16.6 Å². The molecule has 33 heavy (non-hydrogen) atoms. The second kappa shape index (κ2) is 11.0. The number of nitrogens with zero attached hydrogens (tertiary/aromatic N) is 1. The summed E-state index contributed by atoms with van der Waals surface area (Å²) in [5.41, 5.74) is 0.938. The van der Waals surface area contributed by atoms with Gasteiger partial charge in [0.2, 0.25) is 5.91 Å². The molecule has 0 saturated heterocycles. The van der Waals surface area contributed by atoms with Crippen LogP contribution in [0.4, 0.5) is 15.2 Å². The number of anilines is 2. The van der Waals surface area contributed by atoms with E-state index in [9.17, 15) is 23.6 Å². The Hall–Kier alpha value is -4.12. The van der Waals surface area contributed by atoms with E-state index in [4.69, 9.17) is 0 Å². The maximum atomic E-state index is 13.7. The maximum absolute atomic E-state index is 13.7. The van der Waals surface area contributed by atoms with E-state index in [0.717, 1.165) is 11.3 Å². The number of hydrogen-bond donors (Lipinski definition) is 3. The molecule has 0 saturated carbocycles. The summed E-state index contributed by atoms with van der Waals surface area (Å²) in [6.07, 6.45) is -0.0785. The molecular formula is C22H19FN4O5S. The lowest BCUT2D eigenvalue weighted by Crippen LogP contribution is -2.30. The lowest BCUT2D eigenvalue weighted by Gasteiger charge is -2.07. The predicted molar refractivity (Wildman–Crippen MR) is 120 cm³/mol. The van der Waals surface area contributed by atoms with Gasteiger partial charge in [0.05, 0.1) is 24.8 Å². The van der Waals surface area contributed by atoms with Crippen molar-refractivity contribution in [3.8, 4) is 0 Å². The number of ether oxygens (including phenoxy) is 1. The Morgan fingerprint density at radius 3 is 2.58 bits per heavy atom. The minimum atomic E-state index is -0.646. The average molecular weight is 470 g/mol. The number of nitrogens with one attached hydrogen (secondary N) is 3. The number of hydrogen-bond acceptors (Lipinski definition) is 7. The molecule has 0 fully saturated rings. The molecule has 11 heteroatoms. The number of amides is 3. The molecule has 0 radical (unpaired) electrons. The summed E-state index contributed by atoms with van der Waals surface area (Å²) in [6, 6.07) is 11.8. The van der Waals surface area contributed by atoms with Gasteiger partial charge in [0.15, 0.2) is 5.13 Å². The summed E-state index contributed by atoms with van der Waals surface area (Å²) < 4.78 is 18.2. The van der Waals surface area contributed by atoms with Gasteiger partial charge in [0.1, 0.15) is 12.4 Å². The van der Waals surface area contributed by atoms with Crippen molar-refractivity contribution in [1.29, 1.82) is 0 Å². The molecule has 0 unspecified atom stereocenters. The van der Waals surface area contributed by atoms with E-state index in [1.54, 1.807) is 23.6 Å². The van der Waals surface area contributed by atoms with Gasteiger partial charge >= 0.3 is 5.97 Å². The number of halogens is 1. The van der Waals surface area contributed by atoms with Crippen LogP contribution in [0.2, 0.25) is 0 Å². The van der Waals surface area contributed by atoms with E-state index in [1.165, 1.54) is 37.4 Å². The molecule has 9 nitrogen and oxygen atoms in total. The number of thiazole rings is 1. The molecule has 0 atom stereocenters. The number of methoxy groups -OCH3 is 1. The number of carbonyl (C=O) groups is 4.